The number of rotatable bonds is 8. The van der Waals surface area contributed by atoms with Gasteiger partial charge in [0.05, 0.1) is 11.8 Å². The molecule has 1 amide bonds. The first kappa shape index (κ1) is 17.5. The third kappa shape index (κ3) is 7.10. The first-order valence-electron chi connectivity index (χ1n) is 6.88. The average molecular weight is 313 g/mol. The molecule has 1 aromatic carbocycles. The number of hydrogen-bond acceptors (Lipinski definition) is 4. The highest BCUT2D eigenvalue weighted by Gasteiger charge is 2.10. The molecule has 21 heavy (non-hydrogen) atoms. The molecule has 0 atom stereocenters. The van der Waals surface area contributed by atoms with Crippen LogP contribution in [0.25, 0.3) is 0 Å². The normalized spacial score (nSPS) is 11.4. The lowest BCUT2D eigenvalue weighted by Gasteiger charge is -2.14. The largest absolute Gasteiger partial charge is 0.382 e. The fourth-order valence-corrected chi connectivity index (χ4v) is 2.28. The molecule has 1 aromatic rings. The topological polar surface area (TPSA) is 87.3 Å². The Morgan fingerprint density at radius 2 is 1.86 bits per heavy atom. The molecule has 7 heteroatoms. The van der Waals surface area contributed by atoms with E-state index in [-0.39, 0.29) is 11.9 Å². The van der Waals surface area contributed by atoms with Gasteiger partial charge in [-0.05, 0) is 32.4 Å². The zero-order valence-corrected chi connectivity index (χ0v) is 13.5. The van der Waals surface area contributed by atoms with Crippen molar-refractivity contribution in [3.8, 4) is 0 Å². The Morgan fingerprint density at radius 3 is 2.48 bits per heavy atom. The Hall–Kier alpha value is -1.60. The highest BCUT2D eigenvalue weighted by molar-refractivity contribution is 7.88. The van der Waals surface area contributed by atoms with Gasteiger partial charge >= 0.3 is 0 Å². The number of benzene rings is 1. The lowest BCUT2D eigenvalue weighted by atomic mass is 10.1. The molecule has 3 N–H and O–H groups in total. The summed E-state index contributed by atoms with van der Waals surface area (Å²) in [5, 5.41) is 6.01. The van der Waals surface area contributed by atoms with Crippen molar-refractivity contribution >= 4 is 21.6 Å². The van der Waals surface area contributed by atoms with E-state index in [1.165, 1.54) is 0 Å². The summed E-state index contributed by atoms with van der Waals surface area (Å²) in [6.45, 7) is 4.74. The maximum Gasteiger partial charge on any atom is 0.253 e. The SMILES string of the molecule is CC(C)Nc1ccccc1C(=O)NCCCNS(C)(=O)=O. The number of nitrogens with one attached hydrogen (secondary N) is 3. The number of amides is 1. The molecule has 0 radical (unpaired) electrons. The Bertz CT molecular complexity index is 571. The van der Waals surface area contributed by atoms with Crippen LogP contribution in [-0.4, -0.2) is 39.7 Å². The van der Waals surface area contributed by atoms with Crippen molar-refractivity contribution in [2.45, 2.75) is 26.3 Å². The summed E-state index contributed by atoms with van der Waals surface area (Å²) in [7, 11) is -3.17. The number of para-hydroxylation sites is 1. The number of anilines is 1. The van der Waals surface area contributed by atoms with Crippen LogP contribution < -0.4 is 15.4 Å². The second-order valence-corrected chi connectivity index (χ2v) is 6.95. The maximum atomic E-state index is 12.1. The molecule has 0 saturated carbocycles. The van der Waals surface area contributed by atoms with Gasteiger partial charge in [-0.1, -0.05) is 12.1 Å². The van der Waals surface area contributed by atoms with Gasteiger partial charge in [-0.3, -0.25) is 4.79 Å². The molecule has 6 nitrogen and oxygen atoms in total. The lowest BCUT2D eigenvalue weighted by Crippen LogP contribution is -2.30. The van der Waals surface area contributed by atoms with Crippen molar-refractivity contribution in [2.75, 3.05) is 24.7 Å². The predicted molar refractivity (Wildman–Crippen MR) is 85.0 cm³/mol. The minimum Gasteiger partial charge on any atom is -0.382 e. The van der Waals surface area contributed by atoms with Crippen molar-refractivity contribution in [1.82, 2.24) is 10.0 Å². The van der Waals surface area contributed by atoms with Gasteiger partial charge in [0.15, 0.2) is 0 Å². The van der Waals surface area contributed by atoms with Crippen LogP contribution in [0.3, 0.4) is 0 Å². The fourth-order valence-electron chi connectivity index (χ4n) is 1.76. The van der Waals surface area contributed by atoms with Crippen LogP contribution in [0.15, 0.2) is 24.3 Å². The van der Waals surface area contributed by atoms with Crippen LogP contribution in [0.4, 0.5) is 5.69 Å². The number of carbonyl (C=O) groups is 1. The van der Waals surface area contributed by atoms with Crippen LogP contribution in [-0.2, 0) is 10.0 Å². The number of carbonyl (C=O) groups excluding carboxylic acids is 1. The van der Waals surface area contributed by atoms with Crippen molar-refractivity contribution in [1.29, 1.82) is 0 Å². The van der Waals surface area contributed by atoms with Crippen LogP contribution in [0, 0.1) is 0 Å². The van der Waals surface area contributed by atoms with Gasteiger partial charge < -0.3 is 10.6 Å². The zero-order valence-electron chi connectivity index (χ0n) is 12.6. The first-order valence-corrected chi connectivity index (χ1v) is 8.77. The third-order valence-electron chi connectivity index (χ3n) is 2.62. The van der Waals surface area contributed by atoms with E-state index in [2.05, 4.69) is 15.4 Å². The molecule has 0 aromatic heterocycles. The summed E-state index contributed by atoms with van der Waals surface area (Å²) in [6.07, 6.45) is 1.65. The fraction of sp³-hybridized carbons (Fsp3) is 0.500. The highest BCUT2D eigenvalue weighted by atomic mass is 32.2. The second kappa shape index (κ2) is 7.99. The van der Waals surface area contributed by atoms with Crippen LogP contribution in [0.1, 0.15) is 30.6 Å². The molecule has 0 aliphatic carbocycles. The number of sulfonamides is 1. The molecule has 0 aliphatic heterocycles. The molecule has 1 rings (SSSR count). The van der Waals surface area contributed by atoms with Crippen LogP contribution in [0.5, 0.6) is 0 Å². The average Bonchev–Trinajstić information content (AvgIpc) is 2.36. The van der Waals surface area contributed by atoms with Crippen molar-refractivity contribution in [3.63, 3.8) is 0 Å². The van der Waals surface area contributed by atoms with E-state index in [9.17, 15) is 13.2 Å². The molecule has 0 bridgehead atoms. The van der Waals surface area contributed by atoms with Crippen LogP contribution >= 0.6 is 0 Å². The highest BCUT2D eigenvalue weighted by Crippen LogP contribution is 2.15. The summed E-state index contributed by atoms with van der Waals surface area (Å²) in [5.41, 5.74) is 1.38. The molecule has 0 spiro atoms. The molecule has 0 unspecified atom stereocenters. The van der Waals surface area contributed by atoms with Crippen molar-refractivity contribution < 1.29 is 13.2 Å². The molecule has 0 saturated heterocycles. The lowest BCUT2D eigenvalue weighted by molar-refractivity contribution is 0.0954. The third-order valence-corrected chi connectivity index (χ3v) is 3.35. The van der Waals surface area contributed by atoms with E-state index >= 15 is 0 Å². The van der Waals surface area contributed by atoms with Crippen molar-refractivity contribution in [2.24, 2.45) is 0 Å². The van der Waals surface area contributed by atoms with E-state index in [0.717, 1.165) is 11.9 Å². The van der Waals surface area contributed by atoms with Crippen molar-refractivity contribution in [3.05, 3.63) is 29.8 Å². The summed E-state index contributed by atoms with van der Waals surface area (Å²) in [5.74, 6) is -0.168. The standard InChI is InChI=1S/C14H23N3O3S/c1-11(2)17-13-8-5-4-7-12(13)14(18)15-9-6-10-16-21(3,19)20/h4-5,7-8,11,16-17H,6,9-10H2,1-3H3,(H,15,18). The smallest absolute Gasteiger partial charge is 0.253 e. The van der Waals surface area contributed by atoms with E-state index in [4.69, 9.17) is 0 Å². The monoisotopic (exact) mass is 313 g/mol. The summed E-state index contributed by atoms with van der Waals surface area (Å²) >= 11 is 0. The Balaban J connectivity index is 2.49. The van der Waals surface area contributed by atoms with Gasteiger partial charge in [0.1, 0.15) is 0 Å². The second-order valence-electron chi connectivity index (χ2n) is 5.12. The minimum absolute atomic E-state index is 0.168. The van der Waals surface area contributed by atoms with Gasteiger partial charge in [0, 0.05) is 24.8 Å². The van der Waals surface area contributed by atoms with Gasteiger partial charge in [0.2, 0.25) is 10.0 Å². The Morgan fingerprint density at radius 1 is 1.19 bits per heavy atom. The first-order chi connectivity index (χ1) is 9.79. The van der Waals surface area contributed by atoms with Gasteiger partial charge in [-0.2, -0.15) is 0 Å². The van der Waals surface area contributed by atoms with E-state index in [1.54, 1.807) is 6.07 Å². The molecular weight excluding hydrogens is 290 g/mol. The molecule has 0 aliphatic rings. The summed E-state index contributed by atoms with van der Waals surface area (Å²) in [4.78, 5) is 12.1. The Labute approximate surface area is 126 Å². The summed E-state index contributed by atoms with van der Waals surface area (Å²) in [6, 6.07) is 7.54. The molecule has 0 heterocycles. The minimum atomic E-state index is -3.17. The molecule has 118 valence electrons. The maximum absolute atomic E-state index is 12.1. The van der Waals surface area contributed by atoms with E-state index < -0.39 is 10.0 Å². The van der Waals surface area contributed by atoms with Gasteiger partial charge in [-0.15, -0.1) is 0 Å². The quantitative estimate of drug-likeness (QED) is 0.629. The summed E-state index contributed by atoms with van der Waals surface area (Å²) < 4.78 is 24.2. The van der Waals surface area contributed by atoms with E-state index in [1.807, 2.05) is 32.0 Å². The Kier molecular flexibility index (Phi) is 6.64. The number of hydrogen-bond donors (Lipinski definition) is 3. The molecule has 0 fully saturated rings. The zero-order chi connectivity index (χ0) is 15.9. The van der Waals surface area contributed by atoms with E-state index in [0.29, 0.717) is 25.1 Å². The predicted octanol–water partition coefficient (Wildman–Crippen LogP) is 1.18. The van der Waals surface area contributed by atoms with Gasteiger partial charge in [0.25, 0.3) is 5.91 Å². The van der Waals surface area contributed by atoms with Gasteiger partial charge in [-0.25, -0.2) is 13.1 Å². The van der Waals surface area contributed by atoms with Crippen LogP contribution in [0.2, 0.25) is 0 Å². The molecular formula is C14H23N3O3S.